The van der Waals surface area contributed by atoms with E-state index in [2.05, 4.69) is 32.6 Å². The van der Waals surface area contributed by atoms with Gasteiger partial charge in [0.1, 0.15) is 20.2 Å². The van der Waals surface area contributed by atoms with E-state index in [-0.39, 0.29) is 39.7 Å². The summed E-state index contributed by atoms with van der Waals surface area (Å²) < 4.78 is 14.3. The zero-order valence-corrected chi connectivity index (χ0v) is 19.6. The van der Waals surface area contributed by atoms with Crippen LogP contribution in [0.2, 0.25) is 0 Å². The molecule has 0 fully saturated rings. The fourth-order valence-corrected chi connectivity index (χ4v) is 3.21. The molecule has 0 radical (unpaired) electrons. The Morgan fingerprint density at radius 2 is 1.06 bits per heavy atom. The Balaban J connectivity index is 4.93. The van der Waals surface area contributed by atoms with E-state index in [1.54, 1.807) is 9.80 Å². The molecule has 0 aromatic carbocycles. The summed E-state index contributed by atoms with van der Waals surface area (Å²) in [7, 11) is 0. The Kier molecular flexibility index (Phi) is 17.0. The van der Waals surface area contributed by atoms with Crippen LogP contribution in [0.3, 0.4) is 0 Å². The molecule has 0 atom stereocenters. The zero-order chi connectivity index (χ0) is 24.4. The highest BCUT2D eigenvalue weighted by molar-refractivity contribution is 5.69. The monoisotopic (exact) mass is 462 g/mol. The summed E-state index contributed by atoms with van der Waals surface area (Å²) in [6.45, 7) is 12.2. The van der Waals surface area contributed by atoms with Gasteiger partial charge in [-0.3, -0.25) is 33.9 Å². The molecular formula is C20H38N4O8. The van der Waals surface area contributed by atoms with Gasteiger partial charge in [-0.2, -0.15) is 0 Å². The van der Waals surface area contributed by atoms with Gasteiger partial charge in [-0.05, 0) is 27.7 Å². The quantitative estimate of drug-likeness (QED) is 0.126. The van der Waals surface area contributed by atoms with E-state index in [0.717, 1.165) is 6.54 Å². The third kappa shape index (κ3) is 14.7. The van der Waals surface area contributed by atoms with Crippen molar-refractivity contribution in [3.05, 3.63) is 0 Å². The number of nitrogens with zero attached hydrogens (tertiary/aromatic N) is 4. The van der Waals surface area contributed by atoms with E-state index < -0.39 is 5.97 Å². The van der Waals surface area contributed by atoms with Crippen LogP contribution in [0.25, 0.3) is 0 Å². The van der Waals surface area contributed by atoms with Crippen molar-refractivity contribution in [1.82, 2.24) is 19.6 Å². The summed E-state index contributed by atoms with van der Waals surface area (Å²) in [5.74, 6) is -0.980. The average molecular weight is 463 g/mol. The van der Waals surface area contributed by atoms with Crippen molar-refractivity contribution in [2.24, 2.45) is 0 Å². The van der Waals surface area contributed by atoms with Gasteiger partial charge in [0.25, 0.3) is 19.4 Å². The molecular weight excluding hydrogens is 424 g/mol. The first-order valence-corrected chi connectivity index (χ1v) is 10.5. The first-order chi connectivity index (χ1) is 15.2. The van der Waals surface area contributed by atoms with Crippen molar-refractivity contribution in [1.29, 1.82) is 0 Å². The van der Waals surface area contributed by atoms with Crippen LogP contribution >= 0.6 is 0 Å². The molecule has 0 aliphatic rings. The third-order valence-corrected chi connectivity index (χ3v) is 4.80. The Bertz CT molecular complexity index is 516. The summed E-state index contributed by atoms with van der Waals surface area (Å²) >= 11 is 0. The van der Waals surface area contributed by atoms with Crippen LogP contribution in [0.15, 0.2) is 0 Å². The second kappa shape index (κ2) is 18.3. The van der Waals surface area contributed by atoms with Crippen LogP contribution in [0.5, 0.6) is 0 Å². The molecule has 0 aromatic heterocycles. The van der Waals surface area contributed by atoms with E-state index in [1.165, 1.54) is 0 Å². The molecule has 12 nitrogen and oxygen atoms in total. The Hall–Kier alpha value is -2.28. The molecule has 1 N–H and O–H groups in total. The van der Waals surface area contributed by atoms with Gasteiger partial charge in [-0.25, -0.2) is 4.90 Å². The summed E-state index contributed by atoms with van der Waals surface area (Å²) in [6, 6.07) is 0.723. The number of aliphatic carboxylic acids is 1. The maximum atomic E-state index is 11.3. The maximum Gasteiger partial charge on any atom is 0.317 e. The second-order valence-electron chi connectivity index (χ2n) is 7.78. The van der Waals surface area contributed by atoms with Gasteiger partial charge in [0.05, 0.1) is 6.54 Å². The predicted molar refractivity (Wildman–Crippen MR) is 115 cm³/mol. The molecule has 0 aliphatic heterocycles. The molecule has 186 valence electrons. The zero-order valence-electron chi connectivity index (χ0n) is 19.6. The highest BCUT2D eigenvalue weighted by Gasteiger charge is 2.18. The molecule has 0 rings (SSSR count). The lowest BCUT2D eigenvalue weighted by Gasteiger charge is -2.33. The number of carbonyl (C=O) groups excluding carboxylic acids is 3. The van der Waals surface area contributed by atoms with Crippen molar-refractivity contribution in [2.45, 2.75) is 39.8 Å². The molecule has 12 heteroatoms. The Morgan fingerprint density at radius 1 is 0.688 bits per heavy atom. The topological polar surface area (TPSA) is 129 Å². The summed E-state index contributed by atoms with van der Waals surface area (Å²) in [5, 5.41) is 9.25. The number of hydrogen-bond acceptors (Lipinski definition) is 11. The molecule has 0 aliphatic carbocycles. The molecule has 0 saturated carbocycles. The molecule has 0 bridgehead atoms. The molecule has 0 heterocycles. The number of carboxylic acid groups (broad SMARTS) is 1. The fourth-order valence-electron chi connectivity index (χ4n) is 3.21. The lowest BCUT2D eigenvalue weighted by molar-refractivity contribution is -0.141. The van der Waals surface area contributed by atoms with Crippen molar-refractivity contribution in [3.8, 4) is 0 Å². The SMILES string of the molecule is CC(C)N(CCN(CCN(CCN(COC=O)COC=O)CC(=O)O)COC=O)C(C)C. The summed E-state index contributed by atoms with van der Waals surface area (Å²) in [4.78, 5) is 50.4. The van der Waals surface area contributed by atoms with Crippen LogP contribution < -0.4 is 0 Å². The third-order valence-electron chi connectivity index (χ3n) is 4.80. The first-order valence-electron chi connectivity index (χ1n) is 10.5. The van der Waals surface area contributed by atoms with E-state index in [4.69, 9.17) is 14.2 Å². The second-order valence-corrected chi connectivity index (χ2v) is 7.78. The number of rotatable bonds is 22. The Morgan fingerprint density at radius 3 is 1.47 bits per heavy atom. The van der Waals surface area contributed by atoms with Gasteiger partial charge in [0, 0.05) is 51.4 Å². The van der Waals surface area contributed by atoms with Gasteiger partial charge in [-0.1, -0.05) is 0 Å². The highest BCUT2D eigenvalue weighted by Crippen LogP contribution is 2.05. The lowest BCUT2D eigenvalue weighted by atomic mass is 10.2. The average Bonchev–Trinajstić information content (AvgIpc) is 2.73. The number of carboxylic acids is 1. The minimum atomic E-state index is -0.980. The number of ether oxygens (including phenoxy) is 3. The van der Waals surface area contributed by atoms with Crippen LogP contribution in [0.1, 0.15) is 27.7 Å². The first kappa shape index (κ1) is 29.7. The molecule has 0 spiro atoms. The molecule has 0 unspecified atom stereocenters. The van der Waals surface area contributed by atoms with Gasteiger partial charge in [0.15, 0.2) is 0 Å². The largest absolute Gasteiger partial charge is 0.480 e. The van der Waals surface area contributed by atoms with Crippen molar-refractivity contribution < 1.29 is 38.5 Å². The van der Waals surface area contributed by atoms with Gasteiger partial charge >= 0.3 is 5.97 Å². The summed E-state index contributed by atoms with van der Waals surface area (Å²) in [6.07, 6.45) is 0. The van der Waals surface area contributed by atoms with E-state index >= 15 is 0 Å². The standard InChI is InChI=1S/C20H38N4O8/c1-18(2)24(19(3)4)10-9-22(12-30-15-25)7-5-21(11-20(28)29)6-8-23(13-31-16-26)14-32-17-27/h15-19H,5-14H2,1-4H3,(H,28,29). The smallest absolute Gasteiger partial charge is 0.317 e. The van der Waals surface area contributed by atoms with E-state index in [1.807, 2.05) is 4.90 Å². The maximum absolute atomic E-state index is 11.3. The fraction of sp³-hybridized carbons (Fsp3) is 0.800. The van der Waals surface area contributed by atoms with Crippen LogP contribution in [0, 0.1) is 0 Å². The van der Waals surface area contributed by atoms with Crippen molar-refractivity contribution in [3.63, 3.8) is 0 Å². The Labute approximate surface area is 189 Å². The minimum absolute atomic E-state index is 0.0855. The van der Waals surface area contributed by atoms with E-state index in [9.17, 15) is 24.3 Å². The summed E-state index contributed by atoms with van der Waals surface area (Å²) in [5.41, 5.74) is 0. The predicted octanol–water partition coefficient (Wildman–Crippen LogP) is -0.513. The van der Waals surface area contributed by atoms with Crippen LogP contribution in [-0.4, -0.2) is 128 Å². The number of hydrogen-bond donors (Lipinski definition) is 1. The van der Waals surface area contributed by atoms with Crippen LogP contribution in [0.4, 0.5) is 0 Å². The number of carbonyl (C=O) groups is 4. The molecule has 32 heavy (non-hydrogen) atoms. The molecule has 0 saturated heterocycles. The molecule has 0 amide bonds. The van der Waals surface area contributed by atoms with Crippen LogP contribution in [-0.2, 0) is 33.4 Å². The lowest BCUT2D eigenvalue weighted by Crippen LogP contribution is -2.46. The van der Waals surface area contributed by atoms with E-state index in [0.29, 0.717) is 51.3 Å². The van der Waals surface area contributed by atoms with Gasteiger partial charge in [0.2, 0.25) is 0 Å². The molecule has 0 aromatic rings. The normalized spacial score (nSPS) is 11.6. The van der Waals surface area contributed by atoms with Crippen molar-refractivity contribution in [2.75, 3.05) is 66.0 Å². The minimum Gasteiger partial charge on any atom is -0.480 e. The highest BCUT2D eigenvalue weighted by atomic mass is 16.6. The van der Waals surface area contributed by atoms with Gasteiger partial charge < -0.3 is 19.3 Å². The van der Waals surface area contributed by atoms with Crippen molar-refractivity contribution >= 4 is 25.4 Å². The van der Waals surface area contributed by atoms with Gasteiger partial charge in [-0.15, -0.1) is 0 Å².